The van der Waals surface area contributed by atoms with Crippen molar-refractivity contribution in [2.24, 2.45) is 0 Å². The lowest BCUT2D eigenvalue weighted by Gasteiger charge is -2.47. The van der Waals surface area contributed by atoms with Crippen LogP contribution in [0.25, 0.3) is 0 Å². The molecule has 0 bridgehead atoms. The standard InChI is InChI=1S/C20H12ClN3O4S2/c21-11-1-3-12(4-2-11)22(19-15-9-13(23(25)26)5-7-17(15)29-19)20-16-10-14(24(27)28)6-8-18(16)30-20/h1-10,19-20H. The summed E-state index contributed by atoms with van der Waals surface area (Å²) in [4.78, 5) is 25.8. The van der Waals surface area contributed by atoms with E-state index in [1.807, 2.05) is 12.1 Å². The highest BCUT2D eigenvalue weighted by Crippen LogP contribution is 2.62. The van der Waals surface area contributed by atoms with Crippen LogP contribution >= 0.6 is 35.1 Å². The van der Waals surface area contributed by atoms with E-state index in [1.165, 1.54) is 12.1 Å². The highest BCUT2D eigenvalue weighted by Gasteiger charge is 2.43. The number of nitro groups is 2. The molecular formula is C20H12ClN3O4S2. The Labute approximate surface area is 184 Å². The fraction of sp³-hybridized carbons (Fsp3) is 0.100. The first-order valence-corrected chi connectivity index (χ1v) is 11.0. The summed E-state index contributed by atoms with van der Waals surface area (Å²) in [6.45, 7) is 0. The van der Waals surface area contributed by atoms with Crippen LogP contribution in [0.4, 0.5) is 17.1 Å². The summed E-state index contributed by atoms with van der Waals surface area (Å²) in [5.41, 5.74) is 2.75. The third-order valence-corrected chi connectivity index (χ3v) is 7.96. The fourth-order valence-corrected chi connectivity index (χ4v) is 6.15. The molecule has 0 amide bonds. The summed E-state index contributed by atoms with van der Waals surface area (Å²) in [7, 11) is 0. The van der Waals surface area contributed by atoms with E-state index < -0.39 is 9.85 Å². The molecule has 0 aliphatic carbocycles. The van der Waals surface area contributed by atoms with Crippen molar-refractivity contribution in [3.63, 3.8) is 0 Å². The van der Waals surface area contributed by atoms with E-state index in [0.29, 0.717) is 5.02 Å². The predicted octanol–water partition coefficient (Wildman–Crippen LogP) is 6.57. The van der Waals surface area contributed by atoms with E-state index in [4.69, 9.17) is 11.6 Å². The maximum atomic E-state index is 11.2. The lowest BCUT2D eigenvalue weighted by Crippen LogP contribution is -2.36. The van der Waals surface area contributed by atoms with E-state index in [2.05, 4.69) is 4.90 Å². The summed E-state index contributed by atoms with van der Waals surface area (Å²) in [6, 6.07) is 17.1. The van der Waals surface area contributed by atoms with E-state index >= 15 is 0 Å². The number of nitrogens with zero attached hydrogens (tertiary/aromatic N) is 3. The summed E-state index contributed by atoms with van der Waals surface area (Å²) in [5, 5.41) is 22.8. The maximum absolute atomic E-state index is 11.2. The van der Waals surface area contributed by atoms with Crippen molar-refractivity contribution < 1.29 is 9.85 Å². The van der Waals surface area contributed by atoms with Crippen molar-refractivity contribution in [3.8, 4) is 0 Å². The van der Waals surface area contributed by atoms with E-state index in [-0.39, 0.29) is 22.1 Å². The Morgan fingerprint density at radius 3 is 1.67 bits per heavy atom. The van der Waals surface area contributed by atoms with Crippen LogP contribution < -0.4 is 4.90 Å². The monoisotopic (exact) mass is 457 g/mol. The molecule has 3 aromatic carbocycles. The molecule has 0 saturated carbocycles. The first-order chi connectivity index (χ1) is 14.4. The number of nitro benzene ring substituents is 2. The SMILES string of the molecule is O=[N+]([O-])c1ccc2c(c1)C(N(c1ccc(Cl)cc1)C1Sc3ccc([N+](=O)[O-])cc31)S2. The first kappa shape index (κ1) is 19.2. The van der Waals surface area contributed by atoms with Gasteiger partial charge in [-0.15, -0.1) is 0 Å². The third-order valence-electron chi connectivity index (χ3n) is 5.05. The van der Waals surface area contributed by atoms with Crippen molar-refractivity contribution in [2.45, 2.75) is 20.5 Å². The Hall–Kier alpha value is -2.75. The molecule has 7 nitrogen and oxygen atoms in total. The quantitative estimate of drug-likeness (QED) is 0.316. The van der Waals surface area contributed by atoms with E-state index in [0.717, 1.165) is 26.6 Å². The minimum Gasteiger partial charge on any atom is -0.338 e. The number of thioether (sulfide) groups is 2. The van der Waals surface area contributed by atoms with Crippen LogP contribution in [0, 0.1) is 20.2 Å². The normalized spacial score (nSPS) is 18.4. The number of hydrogen-bond acceptors (Lipinski definition) is 7. The van der Waals surface area contributed by atoms with Gasteiger partial charge in [-0.2, -0.15) is 0 Å². The third kappa shape index (κ3) is 3.10. The largest absolute Gasteiger partial charge is 0.338 e. The lowest BCUT2D eigenvalue weighted by molar-refractivity contribution is -0.385. The molecule has 2 aliphatic heterocycles. The second-order valence-electron chi connectivity index (χ2n) is 6.78. The van der Waals surface area contributed by atoms with Gasteiger partial charge in [-0.1, -0.05) is 35.1 Å². The Morgan fingerprint density at radius 1 is 0.767 bits per heavy atom. The van der Waals surface area contributed by atoms with Gasteiger partial charge in [-0.3, -0.25) is 20.2 Å². The molecule has 30 heavy (non-hydrogen) atoms. The Balaban J connectivity index is 1.57. The lowest BCUT2D eigenvalue weighted by atomic mass is 10.1. The smallest absolute Gasteiger partial charge is 0.269 e. The molecule has 2 aliphatic rings. The van der Waals surface area contributed by atoms with Crippen LogP contribution in [-0.4, -0.2) is 9.85 Å². The summed E-state index contributed by atoms with van der Waals surface area (Å²) in [5.74, 6) is 0. The molecule has 0 radical (unpaired) electrons. The van der Waals surface area contributed by atoms with E-state index in [9.17, 15) is 20.2 Å². The van der Waals surface area contributed by atoms with Gasteiger partial charge in [-0.25, -0.2) is 0 Å². The van der Waals surface area contributed by atoms with Gasteiger partial charge >= 0.3 is 0 Å². The highest BCUT2D eigenvalue weighted by atomic mass is 35.5. The summed E-state index contributed by atoms with van der Waals surface area (Å²) >= 11 is 9.29. The van der Waals surface area contributed by atoms with Crippen LogP contribution in [0.5, 0.6) is 0 Å². The highest BCUT2D eigenvalue weighted by molar-refractivity contribution is 8.02. The van der Waals surface area contributed by atoms with Crippen molar-refractivity contribution >= 4 is 52.2 Å². The van der Waals surface area contributed by atoms with Gasteiger partial charge in [0.05, 0.1) is 9.85 Å². The van der Waals surface area contributed by atoms with Crippen LogP contribution in [0.1, 0.15) is 21.9 Å². The average molecular weight is 458 g/mol. The summed E-state index contributed by atoms with van der Waals surface area (Å²) in [6.07, 6.45) is 0. The molecule has 0 saturated heterocycles. The van der Waals surface area contributed by atoms with Crippen LogP contribution in [-0.2, 0) is 0 Å². The van der Waals surface area contributed by atoms with Crippen molar-refractivity contribution in [2.75, 3.05) is 4.90 Å². The Morgan fingerprint density at radius 2 is 1.23 bits per heavy atom. The van der Waals surface area contributed by atoms with Crippen LogP contribution in [0.2, 0.25) is 5.02 Å². The van der Waals surface area contributed by atoms with Crippen molar-refractivity contribution in [3.05, 3.63) is 97.0 Å². The molecule has 2 atom stereocenters. The number of benzene rings is 3. The topological polar surface area (TPSA) is 89.5 Å². The maximum Gasteiger partial charge on any atom is 0.269 e. The van der Waals surface area contributed by atoms with Crippen LogP contribution in [0.3, 0.4) is 0 Å². The predicted molar refractivity (Wildman–Crippen MR) is 117 cm³/mol. The van der Waals surface area contributed by atoms with E-state index in [1.54, 1.807) is 59.9 Å². The zero-order valence-electron chi connectivity index (χ0n) is 15.1. The van der Waals surface area contributed by atoms with Gasteiger partial charge in [0.25, 0.3) is 11.4 Å². The molecule has 2 heterocycles. The zero-order valence-corrected chi connectivity index (χ0v) is 17.5. The zero-order chi connectivity index (χ0) is 21.0. The van der Waals surface area contributed by atoms with Crippen molar-refractivity contribution in [1.82, 2.24) is 0 Å². The Bertz CT molecular complexity index is 1130. The molecule has 10 heteroatoms. The van der Waals surface area contributed by atoms with Crippen molar-refractivity contribution in [1.29, 1.82) is 0 Å². The molecular weight excluding hydrogens is 446 g/mol. The molecule has 3 aromatic rings. The molecule has 5 rings (SSSR count). The molecule has 150 valence electrons. The number of halogens is 1. The second-order valence-corrected chi connectivity index (χ2v) is 9.46. The van der Waals surface area contributed by atoms with Gasteiger partial charge in [-0.05, 0) is 36.4 Å². The summed E-state index contributed by atoms with van der Waals surface area (Å²) < 4.78 is 0. The van der Waals surface area contributed by atoms with Gasteiger partial charge in [0.2, 0.25) is 0 Å². The molecule has 0 fully saturated rings. The first-order valence-electron chi connectivity index (χ1n) is 8.86. The van der Waals surface area contributed by atoms with Gasteiger partial charge < -0.3 is 4.90 Å². The average Bonchev–Trinajstić information content (AvgIpc) is 2.69. The number of non-ortho nitro benzene ring substituents is 2. The number of fused-ring (bicyclic) bond motifs is 2. The molecule has 0 N–H and O–H groups in total. The van der Waals surface area contributed by atoms with Gasteiger partial charge in [0, 0.05) is 55.9 Å². The number of anilines is 1. The molecule has 0 spiro atoms. The van der Waals surface area contributed by atoms with Gasteiger partial charge in [0.1, 0.15) is 10.7 Å². The minimum atomic E-state index is -0.399. The molecule has 0 aromatic heterocycles. The molecule has 2 unspecified atom stereocenters. The van der Waals surface area contributed by atoms with Gasteiger partial charge in [0.15, 0.2) is 0 Å². The second kappa shape index (κ2) is 7.19. The fourth-order valence-electron chi connectivity index (χ4n) is 3.57. The number of hydrogen-bond donors (Lipinski definition) is 0. The van der Waals surface area contributed by atoms with Crippen LogP contribution in [0.15, 0.2) is 70.5 Å². The Kier molecular flexibility index (Phi) is 4.61. The number of rotatable bonds is 5. The minimum absolute atomic E-state index is 0.0485.